The molecule has 3 nitrogen and oxygen atoms in total. The first kappa shape index (κ1) is 8.78. The molecule has 0 saturated heterocycles. The van der Waals surface area contributed by atoms with E-state index in [2.05, 4.69) is 0 Å². The zero-order valence-electron chi connectivity index (χ0n) is 5.67. The highest BCUT2D eigenvalue weighted by Crippen LogP contribution is 2.15. The Balaban J connectivity index is 3.85. The van der Waals surface area contributed by atoms with Crippen LogP contribution in [0.25, 0.3) is 0 Å². The molecule has 0 saturated carbocycles. The molecule has 1 N–H and O–H groups in total. The molecule has 0 bridgehead atoms. The Labute approximate surface area is 58.6 Å². The molecule has 0 fully saturated rings. The number of rotatable bonds is 3. The third kappa shape index (κ3) is 2.72. The van der Waals surface area contributed by atoms with Crippen LogP contribution in [-0.2, 0) is 8.98 Å². The Kier molecular flexibility index (Phi) is 3.00. The highest BCUT2D eigenvalue weighted by molar-refractivity contribution is 7.94. The second kappa shape index (κ2) is 3.08. The fraction of sp³-hybridized carbons (Fsp3) is 0.800. The predicted molar refractivity (Wildman–Crippen MR) is 36.3 cm³/mol. The van der Waals surface area contributed by atoms with E-state index in [4.69, 9.17) is 9.29 Å². The van der Waals surface area contributed by atoms with Gasteiger partial charge in [0.25, 0.3) is 0 Å². The average Bonchev–Trinajstić information content (AvgIpc) is 1.65. The van der Waals surface area contributed by atoms with Gasteiger partial charge in [0.05, 0.1) is 0 Å². The van der Waals surface area contributed by atoms with Crippen LogP contribution in [0.15, 0.2) is 0 Å². The van der Waals surface area contributed by atoms with E-state index in [9.17, 15) is 4.79 Å². The molecule has 0 atom stereocenters. The van der Waals surface area contributed by atoms with Gasteiger partial charge in [0.2, 0.25) is 0 Å². The van der Waals surface area contributed by atoms with Gasteiger partial charge in [-0.3, -0.25) is 4.18 Å². The van der Waals surface area contributed by atoms with Gasteiger partial charge in [-0.25, -0.2) is 4.79 Å². The van der Waals surface area contributed by atoms with Crippen LogP contribution in [0.5, 0.6) is 0 Å². The van der Waals surface area contributed by atoms with Gasteiger partial charge in [0, 0.05) is 6.26 Å². The predicted octanol–water partition coefficient (Wildman–Crippen LogP) is 1.14. The van der Waals surface area contributed by atoms with Crippen LogP contribution in [0.2, 0.25) is 0 Å². The summed E-state index contributed by atoms with van der Waals surface area (Å²) in [5.74, 6) is -0.947. The summed E-state index contributed by atoms with van der Waals surface area (Å²) in [5, 5.41) is 8.43. The summed E-state index contributed by atoms with van der Waals surface area (Å²) in [6.45, 7) is 3.01. The Morgan fingerprint density at radius 2 is 2.11 bits per heavy atom. The van der Waals surface area contributed by atoms with E-state index in [0.717, 1.165) is 12.0 Å². The topological polar surface area (TPSA) is 46.5 Å². The minimum atomic E-state index is -1.07. The van der Waals surface area contributed by atoms with Crippen molar-refractivity contribution in [2.24, 2.45) is 0 Å². The molecule has 0 amide bonds. The van der Waals surface area contributed by atoms with Gasteiger partial charge < -0.3 is 5.11 Å². The Hall–Kier alpha value is -0.220. The van der Waals surface area contributed by atoms with Gasteiger partial charge in [-0.1, -0.05) is 0 Å². The first-order chi connectivity index (χ1) is 4.00. The van der Waals surface area contributed by atoms with E-state index in [1.165, 1.54) is 13.8 Å². The van der Waals surface area contributed by atoms with Crippen molar-refractivity contribution in [1.29, 1.82) is 0 Å². The number of carboxylic acids is 1. The largest absolute Gasteiger partial charge is 0.479 e. The maximum absolute atomic E-state index is 10.3. The van der Waals surface area contributed by atoms with Crippen molar-refractivity contribution in [3.8, 4) is 0 Å². The van der Waals surface area contributed by atoms with Crippen LogP contribution < -0.4 is 0 Å². The highest BCUT2D eigenvalue weighted by Gasteiger charge is 2.27. The van der Waals surface area contributed by atoms with Gasteiger partial charge in [-0.05, 0) is 25.9 Å². The Bertz CT molecular complexity index is 111. The number of carboxylic acid groups (broad SMARTS) is 1. The summed E-state index contributed by atoms with van der Waals surface area (Å²) in [4.78, 5) is 10.3. The lowest BCUT2D eigenvalue weighted by Gasteiger charge is -2.16. The molecular formula is C5H10O3S. The SMILES string of the molecule is CSOC(C)(C)C(=O)O. The van der Waals surface area contributed by atoms with E-state index < -0.39 is 11.6 Å². The zero-order valence-corrected chi connectivity index (χ0v) is 6.49. The minimum Gasteiger partial charge on any atom is -0.479 e. The van der Waals surface area contributed by atoms with Gasteiger partial charge in [-0.2, -0.15) is 0 Å². The van der Waals surface area contributed by atoms with Crippen LogP contribution in [0.4, 0.5) is 0 Å². The van der Waals surface area contributed by atoms with Crippen LogP contribution >= 0.6 is 12.0 Å². The highest BCUT2D eigenvalue weighted by atomic mass is 32.2. The second-order valence-corrected chi connectivity index (χ2v) is 2.57. The molecule has 0 unspecified atom stereocenters. The lowest BCUT2D eigenvalue weighted by Crippen LogP contribution is -2.32. The van der Waals surface area contributed by atoms with Gasteiger partial charge in [0.1, 0.15) is 0 Å². The van der Waals surface area contributed by atoms with E-state index in [-0.39, 0.29) is 0 Å². The Morgan fingerprint density at radius 3 is 2.22 bits per heavy atom. The Morgan fingerprint density at radius 1 is 1.67 bits per heavy atom. The minimum absolute atomic E-state index is 0.947. The van der Waals surface area contributed by atoms with Crippen LogP contribution in [0, 0.1) is 0 Å². The van der Waals surface area contributed by atoms with Crippen molar-refractivity contribution in [1.82, 2.24) is 0 Å². The van der Waals surface area contributed by atoms with Gasteiger partial charge >= 0.3 is 5.97 Å². The van der Waals surface area contributed by atoms with E-state index in [1.54, 1.807) is 6.26 Å². The van der Waals surface area contributed by atoms with E-state index in [0.29, 0.717) is 0 Å². The summed E-state index contributed by atoms with van der Waals surface area (Å²) in [7, 11) is 0. The fourth-order valence-electron chi connectivity index (χ4n) is 0.244. The molecule has 0 aliphatic heterocycles. The van der Waals surface area contributed by atoms with Crippen molar-refractivity contribution in [3.05, 3.63) is 0 Å². The smallest absolute Gasteiger partial charge is 0.336 e. The molecule has 0 rings (SSSR count). The molecule has 0 heterocycles. The molecule has 0 aromatic rings. The monoisotopic (exact) mass is 150 g/mol. The summed E-state index contributed by atoms with van der Waals surface area (Å²) >= 11 is 1.06. The quantitative estimate of drug-likeness (QED) is 0.613. The lowest BCUT2D eigenvalue weighted by atomic mass is 10.1. The third-order valence-corrected chi connectivity index (χ3v) is 1.39. The van der Waals surface area contributed by atoms with E-state index in [1.807, 2.05) is 0 Å². The molecule has 4 heteroatoms. The summed E-state index contributed by atoms with van der Waals surface area (Å²) in [5.41, 5.74) is -1.07. The summed E-state index contributed by atoms with van der Waals surface area (Å²) < 4.78 is 4.81. The fourth-order valence-corrected chi connectivity index (χ4v) is 0.732. The molecule has 54 valence electrons. The number of hydrogen-bond donors (Lipinski definition) is 1. The molecule has 0 aromatic carbocycles. The first-order valence-corrected chi connectivity index (χ1v) is 3.61. The molecule has 0 spiro atoms. The molecule has 0 aromatic heterocycles. The summed E-state index contributed by atoms with van der Waals surface area (Å²) in [6.07, 6.45) is 1.69. The van der Waals surface area contributed by atoms with Gasteiger partial charge in [-0.15, -0.1) is 0 Å². The molecule has 0 aliphatic rings. The second-order valence-electron chi connectivity index (χ2n) is 2.07. The zero-order chi connectivity index (χ0) is 7.49. The van der Waals surface area contributed by atoms with Crippen molar-refractivity contribution >= 4 is 18.0 Å². The lowest BCUT2D eigenvalue weighted by molar-refractivity contribution is -0.151. The summed E-state index contributed by atoms with van der Waals surface area (Å²) in [6, 6.07) is 0. The molecular weight excluding hydrogens is 140 g/mol. The number of hydrogen-bond acceptors (Lipinski definition) is 3. The van der Waals surface area contributed by atoms with E-state index >= 15 is 0 Å². The number of carbonyl (C=O) groups is 1. The molecule has 9 heavy (non-hydrogen) atoms. The van der Waals surface area contributed by atoms with Crippen molar-refractivity contribution in [3.63, 3.8) is 0 Å². The third-order valence-electron chi connectivity index (χ3n) is 0.807. The standard InChI is InChI=1S/C5H10O3S/c1-5(2,4(6)7)8-9-3/h1-3H3,(H,6,7). The molecule has 0 radical (unpaired) electrons. The van der Waals surface area contributed by atoms with Crippen molar-refractivity contribution < 1.29 is 14.1 Å². The average molecular weight is 150 g/mol. The molecule has 0 aliphatic carbocycles. The van der Waals surface area contributed by atoms with Crippen molar-refractivity contribution in [2.75, 3.05) is 6.26 Å². The van der Waals surface area contributed by atoms with Crippen LogP contribution in [-0.4, -0.2) is 22.9 Å². The van der Waals surface area contributed by atoms with Crippen LogP contribution in [0.3, 0.4) is 0 Å². The number of aliphatic carboxylic acids is 1. The maximum atomic E-state index is 10.3. The van der Waals surface area contributed by atoms with Crippen molar-refractivity contribution in [2.45, 2.75) is 19.4 Å². The normalized spacial score (nSPS) is 11.4. The maximum Gasteiger partial charge on any atom is 0.336 e. The first-order valence-electron chi connectivity index (χ1n) is 2.46. The van der Waals surface area contributed by atoms with Gasteiger partial charge in [0.15, 0.2) is 5.60 Å². The van der Waals surface area contributed by atoms with Crippen LogP contribution in [0.1, 0.15) is 13.8 Å².